The summed E-state index contributed by atoms with van der Waals surface area (Å²) in [6.45, 7) is 2.99. The maximum absolute atomic E-state index is 12.2. The quantitative estimate of drug-likeness (QED) is 0.901. The number of benzene rings is 1. The van der Waals surface area contributed by atoms with Crippen molar-refractivity contribution in [3.05, 3.63) is 47.2 Å². The Labute approximate surface area is 122 Å². The van der Waals surface area contributed by atoms with E-state index in [0.29, 0.717) is 30.9 Å². The van der Waals surface area contributed by atoms with Crippen LogP contribution in [0.4, 0.5) is 5.82 Å². The second-order valence-electron chi connectivity index (χ2n) is 4.86. The third-order valence-electron chi connectivity index (χ3n) is 3.49. The minimum Gasteiger partial charge on any atom is -0.307 e. The number of anilines is 1. The molecule has 0 fully saturated rings. The lowest BCUT2D eigenvalue weighted by atomic mass is 10.2. The minimum atomic E-state index is -0.223. The molecule has 108 valence electrons. The molecular formula is C15H16N4O2. The van der Waals surface area contributed by atoms with Gasteiger partial charge in [0.15, 0.2) is 5.82 Å². The van der Waals surface area contributed by atoms with E-state index in [1.165, 1.54) is 4.68 Å². The van der Waals surface area contributed by atoms with E-state index in [2.05, 4.69) is 15.7 Å². The lowest BCUT2D eigenvalue weighted by Gasteiger charge is -2.04. The number of hydrogen-bond donors (Lipinski definition) is 2. The zero-order valence-electron chi connectivity index (χ0n) is 11.7. The number of hydrogen-bond acceptors (Lipinski definition) is 4. The molecule has 0 atom stereocenters. The monoisotopic (exact) mass is 284 g/mol. The average Bonchev–Trinajstić information content (AvgIpc) is 3.11. The molecule has 2 aromatic rings. The Morgan fingerprint density at radius 2 is 2.05 bits per heavy atom. The average molecular weight is 284 g/mol. The van der Waals surface area contributed by atoms with Gasteiger partial charge in [0.1, 0.15) is 0 Å². The van der Waals surface area contributed by atoms with E-state index in [-0.39, 0.29) is 11.8 Å². The maximum atomic E-state index is 12.2. The molecule has 1 aliphatic heterocycles. The Bertz CT molecular complexity index is 691. The highest BCUT2D eigenvalue weighted by atomic mass is 16.2. The molecule has 2 heterocycles. The molecule has 1 amide bonds. The van der Waals surface area contributed by atoms with E-state index in [0.717, 1.165) is 11.3 Å². The number of aromatic nitrogens is 2. The van der Waals surface area contributed by atoms with E-state index in [9.17, 15) is 9.59 Å². The molecule has 0 radical (unpaired) electrons. The van der Waals surface area contributed by atoms with Crippen LogP contribution in [0.1, 0.15) is 39.8 Å². The van der Waals surface area contributed by atoms with Gasteiger partial charge >= 0.3 is 0 Å². The van der Waals surface area contributed by atoms with Crippen molar-refractivity contribution in [2.75, 3.05) is 5.32 Å². The van der Waals surface area contributed by atoms with Crippen LogP contribution < -0.4 is 10.6 Å². The van der Waals surface area contributed by atoms with Crippen LogP contribution in [-0.2, 0) is 13.1 Å². The van der Waals surface area contributed by atoms with Crippen LogP contribution in [-0.4, -0.2) is 21.6 Å². The Kier molecular flexibility index (Phi) is 3.53. The number of carbonyl (C=O) groups is 2. The molecule has 1 aromatic carbocycles. The lowest BCUT2D eigenvalue weighted by Crippen LogP contribution is -2.18. The SMILES string of the molecule is CCC(=O)n1nc(NC(=O)c2ccccc2)c2c1CNC2. The molecule has 0 spiro atoms. The van der Waals surface area contributed by atoms with Crippen molar-refractivity contribution < 1.29 is 9.59 Å². The second kappa shape index (κ2) is 5.49. The maximum Gasteiger partial charge on any atom is 0.256 e. The van der Waals surface area contributed by atoms with Crippen molar-refractivity contribution in [2.24, 2.45) is 0 Å². The zero-order valence-corrected chi connectivity index (χ0v) is 11.7. The fraction of sp³-hybridized carbons (Fsp3) is 0.267. The first-order chi connectivity index (χ1) is 10.2. The molecule has 0 saturated heterocycles. The summed E-state index contributed by atoms with van der Waals surface area (Å²) < 4.78 is 1.40. The van der Waals surface area contributed by atoms with Crippen LogP contribution in [0.5, 0.6) is 0 Å². The Morgan fingerprint density at radius 3 is 2.76 bits per heavy atom. The molecule has 0 unspecified atom stereocenters. The number of carbonyl (C=O) groups excluding carboxylic acids is 2. The van der Waals surface area contributed by atoms with Gasteiger partial charge in [0, 0.05) is 30.6 Å². The number of nitrogens with one attached hydrogen (secondary N) is 2. The number of amides is 1. The van der Waals surface area contributed by atoms with Gasteiger partial charge in [-0.05, 0) is 12.1 Å². The Hall–Kier alpha value is -2.47. The fourth-order valence-electron chi connectivity index (χ4n) is 2.38. The van der Waals surface area contributed by atoms with Gasteiger partial charge < -0.3 is 10.6 Å². The van der Waals surface area contributed by atoms with Crippen LogP contribution in [0.3, 0.4) is 0 Å². The molecule has 6 heteroatoms. The Morgan fingerprint density at radius 1 is 1.29 bits per heavy atom. The van der Waals surface area contributed by atoms with Gasteiger partial charge in [0.25, 0.3) is 5.91 Å². The predicted molar refractivity (Wildman–Crippen MR) is 78.1 cm³/mol. The van der Waals surface area contributed by atoms with Gasteiger partial charge in [-0.1, -0.05) is 25.1 Å². The van der Waals surface area contributed by atoms with Crippen molar-refractivity contribution in [3.8, 4) is 0 Å². The number of fused-ring (bicyclic) bond motifs is 1. The van der Waals surface area contributed by atoms with Gasteiger partial charge in [-0.25, -0.2) is 4.68 Å². The van der Waals surface area contributed by atoms with E-state index < -0.39 is 0 Å². The van der Waals surface area contributed by atoms with Gasteiger partial charge in [-0.3, -0.25) is 9.59 Å². The predicted octanol–water partition coefficient (Wildman–Crippen LogP) is 1.79. The number of rotatable bonds is 3. The largest absolute Gasteiger partial charge is 0.307 e. The summed E-state index contributed by atoms with van der Waals surface area (Å²) in [5.74, 6) is 0.166. The molecule has 3 rings (SSSR count). The molecule has 1 aromatic heterocycles. The van der Waals surface area contributed by atoms with Crippen molar-refractivity contribution in [2.45, 2.75) is 26.4 Å². The van der Waals surface area contributed by atoms with Crippen molar-refractivity contribution in [1.82, 2.24) is 15.1 Å². The summed E-state index contributed by atoms with van der Waals surface area (Å²) in [7, 11) is 0. The van der Waals surface area contributed by atoms with Crippen LogP contribution in [0.15, 0.2) is 30.3 Å². The lowest BCUT2D eigenvalue weighted by molar-refractivity contribution is 0.0888. The summed E-state index contributed by atoms with van der Waals surface area (Å²) in [5, 5.41) is 10.2. The normalized spacial score (nSPS) is 13.0. The van der Waals surface area contributed by atoms with E-state index in [4.69, 9.17) is 0 Å². The fourth-order valence-corrected chi connectivity index (χ4v) is 2.38. The first-order valence-electron chi connectivity index (χ1n) is 6.91. The van der Waals surface area contributed by atoms with Crippen molar-refractivity contribution in [3.63, 3.8) is 0 Å². The highest BCUT2D eigenvalue weighted by molar-refractivity contribution is 6.04. The van der Waals surface area contributed by atoms with Crippen LogP contribution in [0.2, 0.25) is 0 Å². The summed E-state index contributed by atoms with van der Waals surface area (Å²) in [6, 6.07) is 8.94. The summed E-state index contributed by atoms with van der Waals surface area (Å²) in [6.07, 6.45) is 0.375. The summed E-state index contributed by atoms with van der Waals surface area (Å²) in [5.41, 5.74) is 2.29. The highest BCUT2D eigenvalue weighted by Gasteiger charge is 2.25. The third kappa shape index (κ3) is 2.45. The van der Waals surface area contributed by atoms with Gasteiger partial charge in [-0.15, -0.1) is 5.10 Å². The topological polar surface area (TPSA) is 76.0 Å². The molecule has 21 heavy (non-hydrogen) atoms. The molecule has 0 bridgehead atoms. The standard InChI is InChI=1S/C15H16N4O2/c1-2-13(20)19-12-9-16-8-11(12)14(18-19)17-15(21)10-6-4-3-5-7-10/h3-7,16H,2,8-9H2,1H3,(H,17,18,21). The zero-order chi connectivity index (χ0) is 14.8. The van der Waals surface area contributed by atoms with E-state index in [1.54, 1.807) is 31.2 Å². The molecular weight excluding hydrogens is 268 g/mol. The summed E-state index contributed by atoms with van der Waals surface area (Å²) >= 11 is 0. The molecule has 0 saturated carbocycles. The molecule has 0 aliphatic carbocycles. The third-order valence-corrected chi connectivity index (χ3v) is 3.49. The first kappa shape index (κ1) is 13.5. The van der Waals surface area contributed by atoms with E-state index >= 15 is 0 Å². The van der Waals surface area contributed by atoms with Crippen LogP contribution in [0.25, 0.3) is 0 Å². The second-order valence-corrected chi connectivity index (χ2v) is 4.86. The van der Waals surface area contributed by atoms with Crippen LogP contribution in [0, 0.1) is 0 Å². The van der Waals surface area contributed by atoms with Gasteiger partial charge in [-0.2, -0.15) is 0 Å². The van der Waals surface area contributed by atoms with Gasteiger partial charge in [0.05, 0.1) is 5.69 Å². The van der Waals surface area contributed by atoms with Gasteiger partial charge in [0.2, 0.25) is 5.91 Å². The van der Waals surface area contributed by atoms with Crippen molar-refractivity contribution in [1.29, 1.82) is 0 Å². The number of nitrogens with zero attached hydrogens (tertiary/aromatic N) is 2. The van der Waals surface area contributed by atoms with Crippen molar-refractivity contribution >= 4 is 17.6 Å². The Balaban J connectivity index is 1.90. The molecule has 6 nitrogen and oxygen atoms in total. The minimum absolute atomic E-state index is 0.0739. The van der Waals surface area contributed by atoms with Crippen LogP contribution >= 0.6 is 0 Å². The molecule has 2 N–H and O–H groups in total. The highest BCUT2D eigenvalue weighted by Crippen LogP contribution is 2.24. The van der Waals surface area contributed by atoms with E-state index in [1.807, 2.05) is 6.07 Å². The smallest absolute Gasteiger partial charge is 0.256 e. The first-order valence-corrected chi connectivity index (χ1v) is 6.91. The summed E-state index contributed by atoms with van der Waals surface area (Å²) in [4.78, 5) is 24.1. The molecule has 1 aliphatic rings.